The van der Waals surface area contributed by atoms with Gasteiger partial charge in [0.15, 0.2) is 0 Å². The van der Waals surface area contributed by atoms with Gasteiger partial charge in [0.2, 0.25) is 0 Å². The Morgan fingerprint density at radius 1 is 1.53 bits per heavy atom. The molecule has 100 valence electrons. The van der Waals surface area contributed by atoms with Crippen molar-refractivity contribution in [2.24, 2.45) is 0 Å². The van der Waals surface area contributed by atoms with E-state index in [4.69, 9.17) is 10.5 Å². The highest BCUT2D eigenvalue weighted by molar-refractivity contribution is 5.97. The van der Waals surface area contributed by atoms with Gasteiger partial charge in [-0.25, -0.2) is 4.98 Å². The summed E-state index contributed by atoms with van der Waals surface area (Å²) < 4.78 is 5.14. The van der Waals surface area contributed by atoms with Gasteiger partial charge in [0.1, 0.15) is 11.6 Å². The van der Waals surface area contributed by atoms with Gasteiger partial charge in [-0.1, -0.05) is 0 Å². The van der Waals surface area contributed by atoms with Crippen LogP contribution in [0, 0.1) is 0 Å². The Kier molecular flexibility index (Phi) is 4.02. The number of rotatable bonds is 5. The second-order valence-electron chi connectivity index (χ2n) is 4.00. The minimum Gasteiger partial charge on any atom is -0.496 e. The SMILES string of the molecule is COc1cc(N)ccc1C(=O)NCCc1ncc[nH]1. The van der Waals surface area contributed by atoms with Crippen LogP contribution in [0.4, 0.5) is 5.69 Å². The van der Waals surface area contributed by atoms with Crippen molar-refractivity contribution in [3.8, 4) is 5.75 Å². The van der Waals surface area contributed by atoms with Gasteiger partial charge in [0.25, 0.3) is 5.91 Å². The first-order chi connectivity index (χ1) is 9.20. The van der Waals surface area contributed by atoms with Crippen LogP contribution in [0.25, 0.3) is 0 Å². The largest absolute Gasteiger partial charge is 0.496 e. The first-order valence-electron chi connectivity index (χ1n) is 5.90. The number of ether oxygens (including phenoxy) is 1. The molecule has 6 nitrogen and oxygen atoms in total. The maximum Gasteiger partial charge on any atom is 0.255 e. The fourth-order valence-electron chi connectivity index (χ4n) is 1.72. The number of nitrogen functional groups attached to an aromatic ring is 1. The highest BCUT2D eigenvalue weighted by atomic mass is 16.5. The molecule has 1 amide bonds. The number of nitrogens with two attached hydrogens (primary N) is 1. The second-order valence-corrected chi connectivity index (χ2v) is 4.00. The molecule has 0 spiro atoms. The molecule has 0 aliphatic heterocycles. The van der Waals surface area contributed by atoms with Crippen LogP contribution in [0.2, 0.25) is 0 Å². The molecule has 0 aliphatic carbocycles. The third-order valence-electron chi connectivity index (χ3n) is 2.67. The van der Waals surface area contributed by atoms with Crippen LogP contribution in [0.3, 0.4) is 0 Å². The van der Waals surface area contributed by atoms with Crippen molar-refractivity contribution in [2.45, 2.75) is 6.42 Å². The number of aromatic nitrogens is 2. The summed E-state index contributed by atoms with van der Waals surface area (Å²) in [5, 5.41) is 2.81. The molecule has 0 aliphatic rings. The van der Waals surface area contributed by atoms with Crippen LogP contribution in [0.5, 0.6) is 5.75 Å². The first kappa shape index (κ1) is 12.9. The topological polar surface area (TPSA) is 93.0 Å². The van der Waals surface area contributed by atoms with Gasteiger partial charge in [-0.3, -0.25) is 4.79 Å². The van der Waals surface area contributed by atoms with Crippen LogP contribution in [-0.2, 0) is 6.42 Å². The number of benzene rings is 1. The highest BCUT2D eigenvalue weighted by Crippen LogP contribution is 2.21. The van der Waals surface area contributed by atoms with E-state index in [2.05, 4.69) is 15.3 Å². The standard InChI is InChI=1S/C13H16N4O2/c1-19-11-8-9(14)2-3-10(11)13(18)17-5-4-12-15-6-7-16-12/h2-3,6-8H,4-5,14H2,1H3,(H,15,16)(H,17,18). The number of nitrogens with one attached hydrogen (secondary N) is 2. The number of imidazole rings is 1. The average Bonchev–Trinajstić information content (AvgIpc) is 2.91. The van der Waals surface area contributed by atoms with E-state index in [0.717, 1.165) is 5.82 Å². The lowest BCUT2D eigenvalue weighted by Gasteiger charge is -2.09. The van der Waals surface area contributed by atoms with Crippen LogP contribution in [-0.4, -0.2) is 29.5 Å². The van der Waals surface area contributed by atoms with Crippen molar-refractivity contribution in [1.29, 1.82) is 0 Å². The number of carbonyl (C=O) groups excluding carboxylic acids is 1. The van der Waals surface area contributed by atoms with E-state index in [0.29, 0.717) is 30.0 Å². The number of methoxy groups -OCH3 is 1. The van der Waals surface area contributed by atoms with E-state index in [1.165, 1.54) is 7.11 Å². The zero-order valence-electron chi connectivity index (χ0n) is 10.6. The minimum absolute atomic E-state index is 0.191. The minimum atomic E-state index is -0.191. The van der Waals surface area contributed by atoms with Crippen molar-refractivity contribution < 1.29 is 9.53 Å². The van der Waals surface area contributed by atoms with Gasteiger partial charge in [-0.2, -0.15) is 0 Å². The number of anilines is 1. The summed E-state index contributed by atoms with van der Waals surface area (Å²) in [6.07, 6.45) is 4.08. The molecule has 2 rings (SSSR count). The fraction of sp³-hybridized carbons (Fsp3) is 0.231. The van der Waals surface area contributed by atoms with Crippen LogP contribution in [0.15, 0.2) is 30.6 Å². The molecular formula is C13H16N4O2. The maximum absolute atomic E-state index is 12.0. The lowest BCUT2D eigenvalue weighted by atomic mass is 10.1. The normalized spacial score (nSPS) is 10.2. The monoisotopic (exact) mass is 260 g/mol. The molecule has 0 saturated heterocycles. The summed E-state index contributed by atoms with van der Waals surface area (Å²) in [7, 11) is 1.51. The Hall–Kier alpha value is -2.50. The number of nitrogens with zero attached hydrogens (tertiary/aromatic N) is 1. The van der Waals surface area contributed by atoms with Crippen LogP contribution < -0.4 is 15.8 Å². The smallest absolute Gasteiger partial charge is 0.255 e. The Balaban J connectivity index is 1.96. The molecule has 0 fully saturated rings. The van der Waals surface area contributed by atoms with Gasteiger partial charge in [-0.05, 0) is 12.1 Å². The quantitative estimate of drug-likeness (QED) is 0.698. The molecule has 2 aromatic rings. The van der Waals surface area contributed by atoms with Crippen molar-refractivity contribution in [1.82, 2.24) is 15.3 Å². The molecule has 1 heterocycles. The van der Waals surface area contributed by atoms with Crippen LogP contribution in [0.1, 0.15) is 16.2 Å². The van der Waals surface area contributed by atoms with E-state index in [1.54, 1.807) is 30.6 Å². The third kappa shape index (κ3) is 3.25. The average molecular weight is 260 g/mol. The summed E-state index contributed by atoms with van der Waals surface area (Å²) in [6.45, 7) is 0.500. The molecule has 0 bridgehead atoms. The molecule has 0 radical (unpaired) electrons. The van der Waals surface area contributed by atoms with E-state index < -0.39 is 0 Å². The maximum atomic E-state index is 12.0. The summed E-state index contributed by atoms with van der Waals surface area (Å²) >= 11 is 0. The van der Waals surface area contributed by atoms with E-state index in [1.807, 2.05) is 0 Å². The molecular weight excluding hydrogens is 244 g/mol. The lowest BCUT2D eigenvalue weighted by molar-refractivity contribution is 0.0951. The summed E-state index contributed by atoms with van der Waals surface area (Å²) in [4.78, 5) is 19.1. The van der Waals surface area contributed by atoms with Crippen LogP contribution >= 0.6 is 0 Å². The summed E-state index contributed by atoms with van der Waals surface area (Å²) in [5.41, 5.74) is 6.67. The third-order valence-corrected chi connectivity index (χ3v) is 2.67. The highest BCUT2D eigenvalue weighted by Gasteiger charge is 2.11. The number of amides is 1. The van der Waals surface area contributed by atoms with Gasteiger partial charge in [0.05, 0.1) is 12.7 Å². The molecule has 0 saturated carbocycles. The Labute approximate surface area is 111 Å². The van der Waals surface area contributed by atoms with Gasteiger partial charge in [-0.15, -0.1) is 0 Å². The molecule has 0 atom stereocenters. The number of carbonyl (C=O) groups is 1. The zero-order chi connectivity index (χ0) is 13.7. The van der Waals surface area contributed by atoms with E-state index >= 15 is 0 Å². The van der Waals surface area contributed by atoms with E-state index in [-0.39, 0.29) is 5.91 Å². The van der Waals surface area contributed by atoms with Crippen molar-refractivity contribution in [3.63, 3.8) is 0 Å². The Morgan fingerprint density at radius 3 is 3.05 bits per heavy atom. The first-order valence-corrected chi connectivity index (χ1v) is 5.90. The molecule has 0 unspecified atom stereocenters. The second kappa shape index (κ2) is 5.90. The zero-order valence-corrected chi connectivity index (χ0v) is 10.6. The number of hydrogen-bond acceptors (Lipinski definition) is 4. The van der Waals surface area contributed by atoms with Crippen molar-refractivity contribution in [3.05, 3.63) is 42.0 Å². The molecule has 4 N–H and O–H groups in total. The van der Waals surface area contributed by atoms with Gasteiger partial charge < -0.3 is 20.8 Å². The Morgan fingerprint density at radius 2 is 2.37 bits per heavy atom. The molecule has 1 aromatic carbocycles. The lowest BCUT2D eigenvalue weighted by Crippen LogP contribution is -2.26. The summed E-state index contributed by atoms with van der Waals surface area (Å²) in [5.74, 6) is 1.11. The van der Waals surface area contributed by atoms with E-state index in [9.17, 15) is 4.79 Å². The number of hydrogen-bond donors (Lipinski definition) is 3. The number of H-pyrrole nitrogens is 1. The molecule has 1 aromatic heterocycles. The molecule has 6 heteroatoms. The van der Waals surface area contributed by atoms with Crippen molar-refractivity contribution in [2.75, 3.05) is 19.4 Å². The van der Waals surface area contributed by atoms with Crippen molar-refractivity contribution >= 4 is 11.6 Å². The molecule has 19 heavy (non-hydrogen) atoms. The number of aromatic amines is 1. The summed E-state index contributed by atoms with van der Waals surface area (Å²) in [6, 6.07) is 4.95. The fourth-order valence-corrected chi connectivity index (χ4v) is 1.72. The van der Waals surface area contributed by atoms with Gasteiger partial charge >= 0.3 is 0 Å². The van der Waals surface area contributed by atoms with Gasteiger partial charge in [0, 0.05) is 37.1 Å². The Bertz CT molecular complexity index is 552. The predicted molar refractivity (Wildman–Crippen MR) is 72.0 cm³/mol. The predicted octanol–water partition coefficient (Wildman–Crippen LogP) is 0.973.